The van der Waals surface area contributed by atoms with Gasteiger partial charge in [0.2, 0.25) is 0 Å². The van der Waals surface area contributed by atoms with Gasteiger partial charge in [0.15, 0.2) is 11.6 Å². The zero-order valence-electron chi connectivity index (χ0n) is 7.17. The Hall–Kier alpha value is -1.56. The van der Waals surface area contributed by atoms with Crippen LogP contribution in [0.1, 0.15) is 5.56 Å². The van der Waals surface area contributed by atoms with Gasteiger partial charge < -0.3 is 5.73 Å². The van der Waals surface area contributed by atoms with Gasteiger partial charge >= 0.3 is 0 Å². The maximum Gasteiger partial charge on any atom is 0.275 e. The molecular formula is C8H8F2N2O2. The zero-order valence-corrected chi connectivity index (χ0v) is 7.17. The normalized spacial score (nSPS) is 10.2. The molecule has 0 bridgehead atoms. The molecule has 0 aliphatic carbocycles. The molecule has 0 aliphatic rings. The fourth-order valence-corrected chi connectivity index (χ4v) is 1.10. The minimum absolute atomic E-state index is 0.108. The van der Waals surface area contributed by atoms with Crippen LogP contribution in [-0.2, 0) is 6.42 Å². The highest BCUT2D eigenvalue weighted by Gasteiger charge is 2.17. The molecule has 2 N–H and O–H groups in total. The van der Waals surface area contributed by atoms with Gasteiger partial charge in [0.05, 0.1) is 11.0 Å². The second-order valence-corrected chi connectivity index (χ2v) is 2.69. The summed E-state index contributed by atoms with van der Waals surface area (Å²) >= 11 is 0. The third-order valence-electron chi connectivity index (χ3n) is 1.73. The monoisotopic (exact) mass is 202 g/mol. The molecule has 0 saturated carbocycles. The lowest BCUT2D eigenvalue weighted by Crippen LogP contribution is -2.06. The Morgan fingerprint density at radius 1 is 1.36 bits per heavy atom. The van der Waals surface area contributed by atoms with E-state index in [1.807, 2.05) is 0 Å². The van der Waals surface area contributed by atoms with E-state index in [1.54, 1.807) is 0 Å². The van der Waals surface area contributed by atoms with E-state index in [1.165, 1.54) is 0 Å². The average molecular weight is 202 g/mol. The molecule has 0 radical (unpaired) electrons. The van der Waals surface area contributed by atoms with Crippen LogP contribution >= 0.6 is 0 Å². The Bertz CT molecular complexity index is 369. The molecule has 0 aliphatic heterocycles. The van der Waals surface area contributed by atoms with Crippen LogP contribution in [0.5, 0.6) is 0 Å². The van der Waals surface area contributed by atoms with Gasteiger partial charge in [0.1, 0.15) is 0 Å². The number of nitro groups is 1. The molecule has 0 heterocycles. The molecule has 0 aromatic heterocycles. The first-order valence-electron chi connectivity index (χ1n) is 3.88. The number of hydrogen-bond donors (Lipinski definition) is 1. The second kappa shape index (κ2) is 4.10. The van der Waals surface area contributed by atoms with Crippen molar-refractivity contribution < 1.29 is 13.7 Å². The maximum absolute atomic E-state index is 12.7. The number of nitro benzene ring substituents is 1. The minimum Gasteiger partial charge on any atom is -0.330 e. The van der Waals surface area contributed by atoms with Crippen LogP contribution in [-0.4, -0.2) is 11.5 Å². The third kappa shape index (κ3) is 2.02. The lowest BCUT2D eigenvalue weighted by molar-refractivity contribution is -0.385. The standard InChI is InChI=1S/C8H8F2N2O2/c9-6-3-5(1-2-11)8(12(13)14)4-7(6)10/h3-4H,1-2,11H2. The second-order valence-electron chi connectivity index (χ2n) is 2.69. The molecule has 1 aromatic rings. The highest BCUT2D eigenvalue weighted by Crippen LogP contribution is 2.22. The summed E-state index contributed by atoms with van der Waals surface area (Å²) in [6, 6.07) is 1.38. The summed E-state index contributed by atoms with van der Waals surface area (Å²) in [6.07, 6.45) is 0.146. The van der Waals surface area contributed by atoms with Gasteiger partial charge in [-0.2, -0.15) is 0 Å². The smallest absolute Gasteiger partial charge is 0.275 e. The van der Waals surface area contributed by atoms with Crippen LogP contribution in [0.15, 0.2) is 12.1 Å². The highest BCUT2D eigenvalue weighted by atomic mass is 19.2. The van der Waals surface area contributed by atoms with Crippen molar-refractivity contribution in [3.8, 4) is 0 Å². The predicted molar refractivity (Wildman–Crippen MR) is 45.8 cm³/mol. The molecular weight excluding hydrogens is 194 g/mol. The molecule has 4 nitrogen and oxygen atoms in total. The number of nitrogens with zero attached hydrogens (tertiary/aromatic N) is 1. The summed E-state index contributed by atoms with van der Waals surface area (Å²) in [7, 11) is 0. The Balaban J connectivity index is 3.24. The molecule has 0 unspecified atom stereocenters. The number of halogens is 2. The van der Waals surface area contributed by atoms with Crippen molar-refractivity contribution in [3.05, 3.63) is 39.4 Å². The van der Waals surface area contributed by atoms with Gasteiger partial charge in [-0.05, 0) is 19.0 Å². The molecule has 1 aromatic carbocycles. The summed E-state index contributed by atoms with van der Waals surface area (Å²) in [5.41, 5.74) is 4.85. The van der Waals surface area contributed by atoms with E-state index in [2.05, 4.69) is 0 Å². The largest absolute Gasteiger partial charge is 0.330 e. The summed E-state index contributed by atoms with van der Waals surface area (Å²) in [5.74, 6) is -2.32. The summed E-state index contributed by atoms with van der Waals surface area (Å²) in [6.45, 7) is 0.145. The number of rotatable bonds is 3. The molecule has 0 spiro atoms. The molecule has 76 valence electrons. The topological polar surface area (TPSA) is 69.2 Å². The molecule has 0 fully saturated rings. The number of benzene rings is 1. The van der Waals surface area contributed by atoms with E-state index in [9.17, 15) is 18.9 Å². The molecule has 0 saturated heterocycles. The first kappa shape index (κ1) is 10.5. The Labute approximate surface area is 78.5 Å². The van der Waals surface area contributed by atoms with Crippen LogP contribution in [0.3, 0.4) is 0 Å². The van der Waals surface area contributed by atoms with E-state index >= 15 is 0 Å². The number of nitrogens with two attached hydrogens (primary N) is 1. The van der Waals surface area contributed by atoms with Crippen molar-refractivity contribution in [1.29, 1.82) is 0 Å². The van der Waals surface area contributed by atoms with Crippen molar-refractivity contribution in [3.63, 3.8) is 0 Å². The molecule has 14 heavy (non-hydrogen) atoms. The summed E-state index contributed by atoms with van der Waals surface area (Å²) in [4.78, 5) is 9.68. The van der Waals surface area contributed by atoms with E-state index in [0.717, 1.165) is 6.07 Å². The maximum atomic E-state index is 12.7. The lowest BCUT2D eigenvalue weighted by Gasteiger charge is -2.01. The Morgan fingerprint density at radius 3 is 2.43 bits per heavy atom. The first-order chi connectivity index (χ1) is 6.56. The quantitative estimate of drug-likeness (QED) is 0.594. The Morgan fingerprint density at radius 2 is 1.93 bits per heavy atom. The Kier molecular flexibility index (Phi) is 3.08. The summed E-state index contributed by atoms with van der Waals surface area (Å²) in [5, 5.41) is 10.4. The van der Waals surface area contributed by atoms with E-state index < -0.39 is 22.2 Å². The van der Waals surface area contributed by atoms with Gasteiger partial charge in [-0.1, -0.05) is 0 Å². The van der Waals surface area contributed by atoms with Crippen LogP contribution in [0.25, 0.3) is 0 Å². The van der Waals surface area contributed by atoms with E-state index in [4.69, 9.17) is 5.73 Å². The van der Waals surface area contributed by atoms with Crippen molar-refractivity contribution in [1.82, 2.24) is 0 Å². The summed E-state index contributed by atoms with van der Waals surface area (Å²) < 4.78 is 25.4. The molecule has 6 heteroatoms. The van der Waals surface area contributed by atoms with Gasteiger partial charge in [-0.15, -0.1) is 0 Å². The van der Waals surface area contributed by atoms with Gasteiger partial charge in [0.25, 0.3) is 5.69 Å². The fourth-order valence-electron chi connectivity index (χ4n) is 1.10. The van der Waals surface area contributed by atoms with Gasteiger partial charge in [-0.3, -0.25) is 10.1 Å². The average Bonchev–Trinajstić information content (AvgIpc) is 2.11. The predicted octanol–water partition coefficient (Wildman–Crippen LogP) is 1.37. The van der Waals surface area contributed by atoms with Crippen molar-refractivity contribution in [2.75, 3.05) is 6.54 Å². The first-order valence-corrected chi connectivity index (χ1v) is 3.88. The van der Waals surface area contributed by atoms with Crippen LogP contribution in [0.2, 0.25) is 0 Å². The van der Waals surface area contributed by atoms with E-state index in [0.29, 0.717) is 6.07 Å². The molecule has 0 amide bonds. The van der Waals surface area contributed by atoms with Crippen LogP contribution in [0.4, 0.5) is 14.5 Å². The SMILES string of the molecule is NCCc1cc(F)c(F)cc1[N+](=O)[O-]. The van der Waals surface area contributed by atoms with Crippen molar-refractivity contribution in [2.24, 2.45) is 5.73 Å². The number of hydrogen-bond acceptors (Lipinski definition) is 3. The molecule has 0 atom stereocenters. The van der Waals surface area contributed by atoms with Gasteiger partial charge in [0, 0.05) is 5.56 Å². The third-order valence-corrected chi connectivity index (χ3v) is 1.73. The lowest BCUT2D eigenvalue weighted by atomic mass is 10.1. The fraction of sp³-hybridized carbons (Fsp3) is 0.250. The molecule has 1 rings (SSSR count). The van der Waals surface area contributed by atoms with Gasteiger partial charge in [-0.25, -0.2) is 8.78 Å². The van der Waals surface area contributed by atoms with Crippen molar-refractivity contribution >= 4 is 5.69 Å². The van der Waals surface area contributed by atoms with E-state index in [-0.39, 0.29) is 18.5 Å². The zero-order chi connectivity index (χ0) is 10.7. The minimum atomic E-state index is -1.22. The highest BCUT2D eigenvalue weighted by molar-refractivity contribution is 5.41. The van der Waals surface area contributed by atoms with Crippen molar-refractivity contribution in [2.45, 2.75) is 6.42 Å². The van der Waals surface area contributed by atoms with Crippen LogP contribution < -0.4 is 5.73 Å². The van der Waals surface area contributed by atoms with Crippen LogP contribution in [0, 0.1) is 21.7 Å².